The van der Waals surface area contributed by atoms with Crippen LogP contribution in [0.15, 0.2) is 16.9 Å². The van der Waals surface area contributed by atoms with E-state index in [1.807, 2.05) is 13.8 Å². The maximum Gasteiger partial charge on any atom is 0.353 e. The number of carboxylic acid groups (broad SMARTS) is 1. The highest BCUT2D eigenvalue weighted by atomic mass is 32.2. The number of hydrogen-bond acceptors (Lipinski definition) is 10. The molecule has 3 aliphatic heterocycles. The minimum Gasteiger partial charge on any atom is -0.477 e. The normalized spacial score (nSPS) is 33.4. The van der Waals surface area contributed by atoms with Gasteiger partial charge in [0.1, 0.15) is 24.4 Å². The summed E-state index contributed by atoms with van der Waals surface area (Å²) in [5.41, 5.74) is 6.04. The number of tetrazole rings is 1. The average Bonchev–Trinajstić information content (AvgIpc) is 3.64. The lowest BCUT2D eigenvalue weighted by molar-refractivity contribution is -0.160. The van der Waals surface area contributed by atoms with Crippen LogP contribution in [0.5, 0.6) is 0 Å². The van der Waals surface area contributed by atoms with E-state index >= 15 is 0 Å². The van der Waals surface area contributed by atoms with Gasteiger partial charge in [0.2, 0.25) is 5.91 Å². The zero-order valence-electron chi connectivity index (χ0n) is 21.7. The fourth-order valence-electron chi connectivity index (χ4n) is 6.68. The predicted molar refractivity (Wildman–Crippen MR) is 137 cm³/mol. The lowest BCUT2D eigenvalue weighted by Crippen LogP contribution is -2.62. The minimum absolute atomic E-state index is 0.0355. The Morgan fingerprint density at radius 1 is 1.29 bits per heavy atom. The molecule has 4 aliphatic rings. The molecule has 0 spiro atoms. The SMILES string of the molecule is C[C@@H](CC(=O)Cn1cnnn1)[C@H]1C(=O)N2C(C(=O)O)=C(S[C@@H]3CN[C@H](CC(=O)C4CC[C@H](N)C4)C3)[C@H](C)[C@H]12. The summed E-state index contributed by atoms with van der Waals surface area (Å²) < 4.78 is 1.35. The molecule has 206 valence electrons. The van der Waals surface area contributed by atoms with Crippen LogP contribution in [0, 0.1) is 23.7 Å². The second-order valence-electron chi connectivity index (χ2n) is 11.3. The molecule has 12 nitrogen and oxygen atoms in total. The Bertz CT molecular complexity index is 1140. The number of thioether (sulfide) groups is 1. The Morgan fingerprint density at radius 3 is 2.74 bits per heavy atom. The molecule has 4 heterocycles. The molecule has 1 aromatic heterocycles. The summed E-state index contributed by atoms with van der Waals surface area (Å²) in [7, 11) is 0. The van der Waals surface area contributed by atoms with Crippen molar-refractivity contribution in [1.29, 1.82) is 0 Å². The minimum atomic E-state index is -1.11. The lowest BCUT2D eigenvalue weighted by atomic mass is 9.73. The second-order valence-corrected chi connectivity index (χ2v) is 12.6. The molecule has 8 atom stereocenters. The van der Waals surface area contributed by atoms with Crippen molar-refractivity contribution in [3.8, 4) is 0 Å². The van der Waals surface area contributed by atoms with Gasteiger partial charge in [-0.2, -0.15) is 0 Å². The van der Waals surface area contributed by atoms with Gasteiger partial charge >= 0.3 is 5.97 Å². The van der Waals surface area contributed by atoms with Gasteiger partial charge in [0, 0.05) is 53.5 Å². The number of aromatic nitrogens is 4. The smallest absolute Gasteiger partial charge is 0.353 e. The zero-order valence-corrected chi connectivity index (χ0v) is 22.5. The Kier molecular flexibility index (Phi) is 7.70. The van der Waals surface area contributed by atoms with E-state index in [2.05, 4.69) is 20.8 Å². The van der Waals surface area contributed by atoms with E-state index in [1.54, 1.807) is 0 Å². The quantitative estimate of drug-likeness (QED) is 0.332. The van der Waals surface area contributed by atoms with Gasteiger partial charge in [0.05, 0.1) is 12.0 Å². The monoisotopic (exact) mass is 545 g/mol. The highest BCUT2D eigenvalue weighted by Gasteiger charge is 2.60. The van der Waals surface area contributed by atoms with Gasteiger partial charge in [-0.3, -0.25) is 14.4 Å². The van der Waals surface area contributed by atoms with Crippen LogP contribution in [-0.2, 0) is 25.7 Å². The van der Waals surface area contributed by atoms with E-state index in [4.69, 9.17) is 5.73 Å². The second kappa shape index (κ2) is 10.9. The van der Waals surface area contributed by atoms with E-state index in [1.165, 1.54) is 27.7 Å². The van der Waals surface area contributed by atoms with Crippen LogP contribution in [0.2, 0.25) is 0 Å². The number of carbonyl (C=O) groups excluding carboxylic acids is 3. The Labute approximate surface area is 225 Å². The first-order chi connectivity index (χ1) is 18.1. The number of carbonyl (C=O) groups is 4. The van der Waals surface area contributed by atoms with Crippen molar-refractivity contribution in [2.24, 2.45) is 29.4 Å². The molecule has 38 heavy (non-hydrogen) atoms. The van der Waals surface area contributed by atoms with Gasteiger partial charge < -0.3 is 21.1 Å². The molecule has 1 amide bonds. The number of hydrogen-bond donors (Lipinski definition) is 3. The first kappa shape index (κ1) is 26.9. The maximum atomic E-state index is 13.2. The molecule has 1 unspecified atom stereocenters. The van der Waals surface area contributed by atoms with Crippen molar-refractivity contribution in [1.82, 2.24) is 30.4 Å². The number of nitrogens with two attached hydrogens (primary N) is 1. The van der Waals surface area contributed by atoms with E-state index in [0.29, 0.717) is 17.9 Å². The fourth-order valence-corrected chi connectivity index (χ4v) is 8.19. The molecule has 5 rings (SSSR count). The number of rotatable bonds is 11. The highest BCUT2D eigenvalue weighted by molar-refractivity contribution is 8.03. The van der Waals surface area contributed by atoms with E-state index < -0.39 is 11.9 Å². The standard InChI is InChI=1S/C25H35N7O5S/c1-12(5-17(33)10-31-11-28-29-30-31)20-21-13(2)23(22(25(36)37)32(21)24(20)35)38-18-7-16(27-9-18)8-19(34)14-3-4-15(26)6-14/h11-16,18,20-21,27H,3-10,26H2,1-2H3,(H,36,37)/t12-,13+,14?,15-,16-,18-,20+,21+/m0/s1. The molecule has 4 N–H and O–H groups in total. The van der Waals surface area contributed by atoms with Gasteiger partial charge in [0.15, 0.2) is 5.78 Å². The molecule has 0 bridgehead atoms. The van der Waals surface area contributed by atoms with Crippen molar-refractivity contribution < 1.29 is 24.3 Å². The number of ketones is 2. The van der Waals surface area contributed by atoms with Crippen LogP contribution in [0.4, 0.5) is 0 Å². The molecular formula is C25H35N7O5S. The molecule has 13 heteroatoms. The average molecular weight is 546 g/mol. The molecule has 0 aromatic carbocycles. The van der Waals surface area contributed by atoms with Crippen LogP contribution in [0.25, 0.3) is 0 Å². The van der Waals surface area contributed by atoms with Gasteiger partial charge in [-0.25, -0.2) is 9.48 Å². The first-order valence-electron chi connectivity index (χ1n) is 13.3. The Balaban J connectivity index is 1.20. The molecule has 2 saturated heterocycles. The van der Waals surface area contributed by atoms with Crippen LogP contribution in [0.3, 0.4) is 0 Å². The number of carboxylic acids is 1. The lowest BCUT2D eigenvalue weighted by Gasteiger charge is -2.47. The van der Waals surface area contributed by atoms with Gasteiger partial charge in [0.25, 0.3) is 0 Å². The third-order valence-corrected chi connectivity index (χ3v) is 10.0. The number of Topliss-reactive ketones (excluding diaryl/α,β-unsaturated/α-hetero) is 2. The summed E-state index contributed by atoms with van der Waals surface area (Å²) in [5, 5.41) is 24.4. The number of β-lactam (4-membered cyclic amide) rings is 1. The molecule has 1 aromatic rings. The predicted octanol–water partition coefficient (Wildman–Crippen LogP) is 0.592. The van der Waals surface area contributed by atoms with Crippen molar-refractivity contribution in [3.05, 3.63) is 16.9 Å². The maximum absolute atomic E-state index is 13.2. The van der Waals surface area contributed by atoms with Crippen LogP contribution >= 0.6 is 11.8 Å². The van der Waals surface area contributed by atoms with Crippen molar-refractivity contribution >= 4 is 35.2 Å². The molecule has 3 fully saturated rings. The van der Waals surface area contributed by atoms with Gasteiger partial charge in [-0.05, 0) is 42.0 Å². The van der Waals surface area contributed by atoms with Crippen LogP contribution < -0.4 is 11.1 Å². The van der Waals surface area contributed by atoms with Crippen molar-refractivity contribution in [3.63, 3.8) is 0 Å². The van der Waals surface area contributed by atoms with E-state index in [-0.39, 0.29) is 77.3 Å². The van der Waals surface area contributed by atoms with Crippen LogP contribution in [0.1, 0.15) is 52.4 Å². The Hall–Kier alpha value is -2.64. The number of fused-ring (bicyclic) bond motifs is 1. The molecule has 0 radical (unpaired) electrons. The largest absolute Gasteiger partial charge is 0.477 e. The van der Waals surface area contributed by atoms with Crippen molar-refractivity contribution in [2.75, 3.05) is 6.54 Å². The molecule has 1 saturated carbocycles. The summed E-state index contributed by atoms with van der Waals surface area (Å²) in [4.78, 5) is 52.8. The summed E-state index contributed by atoms with van der Waals surface area (Å²) in [6.45, 7) is 4.56. The highest BCUT2D eigenvalue weighted by Crippen LogP contribution is 2.53. The number of aliphatic carboxylic acids is 1. The first-order valence-corrected chi connectivity index (χ1v) is 14.2. The number of nitrogens with one attached hydrogen (secondary N) is 1. The summed E-state index contributed by atoms with van der Waals surface area (Å²) in [6, 6.07) is -0.0805. The van der Waals surface area contributed by atoms with Crippen LogP contribution in [-0.4, -0.2) is 83.6 Å². The summed E-state index contributed by atoms with van der Waals surface area (Å²) >= 11 is 1.52. The topological polar surface area (TPSA) is 173 Å². The van der Waals surface area contributed by atoms with Gasteiger partial charge in [-0.15, -0.1) is 16.9 Å². The summed E-state index contributed by atoms with van der Waals surface area (Å²) in [5.74, 6) is -1.90. The van der Waals surface area contributed by atoms with E-state index in [0.717, 1.165) is 25.7 Å². The summed E-state index contributed by atoms with van der Waals surface area (Å²) in [6.07, 6.45) is 5.33. The third kappa shape index (κ3) is 5.15. The fraction of sp³-hybridized carbons (Fsp3) is 0.720. The Morgan fingerprint density at radius 2 is 2.08 bits per heavy atom. The molecule has 1 aliphatic carbocycles. The van der Waals surface area contributed by atoms with Crippen molar-refractivity contribution in [2.45, 2.75) is 82.3 Å². The third-order valence-electron chi connectivity index (χ3n) is 8.54. The zero-order chi connectivity index (χ0) is 27.1. The number of nitrogens with zero attached hydrogens (tertiary/aromatic N) is 5. The molecular weight excluding hydrogens is 510 g/mol. The van der Waals surface area contributed by atoms with E-state index in [9.17, 15) is 24.3 Å². The number of amides is 1. The van der Waals surface area contributed by atoms with Gasteiger partial charge in [-0.1, -0.05) is 13.8 Å².